The zero-order chi connectivity index (χ0) is 18.7. The highest BCUT2D eigenvalue weighted by Gasteiger charge is 2.56. The van der Waals surface area contributed by atoms with Crippen LogP contribution in [0.15, 0.2) is 0 Å². The molecule has 6 nitrogen and oxygen atoms in total. The lowest BCUT2D eigenvalue weighted by Gasteiger charge is -2.41. The number of likely N-dealkylation sites (tertiary alicyclic amines) is 1. The summed E-state index contributed by atoms with van der Waals surface area (Å²) in [6, 6.07) is -0.784. The van der Waals surface area contributed by atoms with Crippen LogP contribution in [0.3, 0.4) is 0 Å². The maximum Gasteiger partial charge on any atom is 0.411 e. The fourth-order valence-electron chi connectivity index (χ4n) is 3.26. The van der Waals surface area contributed by atoms with Crippen molar-refractivity contribution in [1.82, 2.24) is 15.5 Å². The van der Waals surface area contributed by atoms with Gasteiger partial charge in [0.25, 0.3) is 0 Å². The molecule has 1 atom stereocenters. The van der Waals surface area contributed by atoms with Gasteiger partial charge in [0.05, 0.1) is 5.92 Å². The van der Waals surface area contributed by atoms with Crippen molar-refractivity contribution < 1.29 is 27.5 Å². The Labute approximate surface area is 145 Å². The van der Waals surface area contributed by atoms with E-state index in [1.165, 1.54) is 4.90 Å². The van der Waals surface area contributed by atoms with Crippen molar-refractivity contribution in [2.24, 2.45) is 5.92 Å². The van der Waals surface area contributed by atoms with Crippen LogP contribution in [0.25, 0.3) is 0 Å². The van der Waals surface area contributed by atoms with Crippen molar-refractivity contribution in [2.45, 2.75) is 57.3 Å². The summed E-state index contributed by atoms with van der Waals surface area (Å²) in [5, 5.41) is 4.98. The highest BCUT2D eigenvalue weighted by atomic mass is 19.4. The fourth-order valence-corrected chi connectivity index (χ4v) is 3.26. The van der Waals surface area contributed by atoms with Gasteiger partial charge in [0, 0.05) is 45.2 Å². The lowest BCUT2D eigenvalue weighted by atomic mass is 9.89. The summed E-state index contributed by atoms with van der Waals surface area (Å²) in [5.74, 6) is -0.553. The number of rotatable bonds is 3. The van der Waals surface area contributed by atoms with Gasteiger partial charge in [-0.1, -0.05) is 0 Å². The van der Waals surface area contributed by atoms with Gasteiger partial charge >= 0.3 is 12.2 Å². The predicted molar refractivity (Wildman–Crippen MR) is 84.9 cm³/mol. The van der Waals surface area contributed by atoms with Crippen molar-refractivity contribution >= 4 is 11.9 Å². The second-order valence-electron chi connectivity index (χ2n) is 7.07. The number of hydrogen-bond donors (Lipinski definition) is 2. The number of carbonyl (C=O) groups is 2. The molecule has 2 aliphatic rings. The molecule has 3 amide bonds. The summed E-state index contributed by atoms with van der Waals surface area (Å²) >= 11 is 0. The molecule has 2 N–H and O–H groups in total. The van der Waals surface area contributed by atoms with E-state index in [1.807, 2.05) is 13.8 Å². The number of hydrogen-bond acceptors (Lipinski definition) is 3. The number of halogens is 3. The van der Waals surface area contributed by atoms with Crippen molar-refractivity contribution in [2.75, 3.05) is 26.3 Å². The molecule has 0 bridgehead atoms. The van der Waals surface area contributed by atoms with Gasteiger partial charge in [-0.15, -0.1) is 0 Å². The van der Waals surface area contributed by atoms with E-state index >= 15 is 0 Å². The summed E-state index contributed by atoms with van der Waals surface area (Å²) in [5.41, 5.74) is -2.25. The molecule has 0 aliphatic carbocycles. The van der Waals surface area contributed by atoms with E-state index < -0.39 is 23.7 Å². The smallest absolute Gasteiger partial charge is 0.381 e. The van der Waals surface area contributed by atoms with Crippen molar-refractivity contribution in [3.05, 3.63) is 0 Å². The third kappa shape index (κ3) is 4.77. The van der Waals surface area contributed by atoms with Crippen LogP contribution in [-0.4, -0.2) is 60.9 Å². The van der Waals surface area contributed by atoms with Crippen LogP contribution in [-0.2, 0) is 9.53 Å². The molecule has 2 fully saturated rings. The zero-order valence-corrected chi connectivity index (χ0v) is 14.6. The Morgan fingerprint density at radius 3 is 2.44 bits per heavy atom. The quantitative estimate of drug-likeness (QED) is 0.804. The number of ether oxygens (including phenoxy) is 1. The van der Waals surface area contributed by atoms with E-state index in [2.05, 4.69) is 10.6 Å². The third-order valence-electron chi connectivity index (χ3n) is 4.75. The van der Waals surface area contributed by atoms with Crippen molar-refractivity contribution in [3.63, 3.8) is 0 Å². The molecule has 0 aromatic rings. The van der Waals surface area contributed by atoms with Crippen LogP contribution < -0.4 is 10.6 Å². The molecule has 0 aromatic carbocycles. The van der Waals surface area contributed by atoms with Gasteiger partial charge in [0.2, 0.25) is 5.91 Å². The molecule has 0 spiro atoms. The molecule has 0 radical (unpaired) electrons. The minimum atomic E-state index is -4.54. The molecule has 2 saturated heterocycles. The Morgan fingerprint density at radius 2 is 1.88 bits per heavy atom. The average molecular weight is 365 g/mol. The highest BCUT2D eigenvalue weighted by Crippen LogP contribution is 2.38. The van der Waals surface area contributed by atoms with Crippen molar-refractivity contribution in [1.29, 1.82) is 0 Å². The predicted octanol–water partition coefficient (Wildman–Crippen LogP) is 2.04. The number of nitrogens with one attached hydrogen (secondary N) is 2. The monoisotopic (exact) mass is 365 g/mol. The Bertz CT molecular complexity index is 491. The van der Waals surface area contributed by atoms with Crippen LogP contribution >= 0.6 is 0 Å². The van der Waals surface area contributed by atoms with Crippen LogP contribution in [0.2, 0.25) is 0 Å². The molecular formula is C16H26F3N3O3. The maximum atomic E-state index is 13.5. The van der Waals surface area contributed by atoms with Crippen LogP contribution in [0.4, 0.5) is 18.0 Å². The summed E-state index contributed by atoms with van der Waals surface area (Å²) < 4.78 is 45.6. The van der Waals surface area contributed by atoms with Gasteiger partial charge in [0.1, 0.15) is 5.54 Å². The topological polar surface area (TPSA) is 70.7 Å². The zero-order valence-electron chi connectivity index (χ0n) is 14.6. The first-order valence-electron chi connectivity index (χ1n) is 8.66. The number of carbonyl (C=O) groups excluding carboxylic acids is 2. The summed E-state index contributed by atoms with van der Waals surface area (Å²) in [7, 11) is 0. The van der Waals surface area contributed by atoms with Gasteiger partial charge < -0.3 is 20.3 Å². The van der Waals surface area contributed by atoms with E-state index in [4.69, 9.17) is 4.74 Å². The first kappa shape index (κ1) is 19.8. The molecule has 0 saturated carbocycles. The second kappa shape index (κ2) is 7.80. The second-order valence-corrected chi connectivity index (χ2v) is 7.07. The Hall–Kier alpha value is -1.51. The molecule has 0 aromatic heterocycles. The molecule has 144 valence electrons. The molecular weight excluding hydrogens is 339 g/mol. The van der Waals surface area contributed by atoms with Crippen LogP contribution in [0.5, 0.6) is 0 Å². The molecule has 9 heteroatoms. The van der Waals surface area contributed by atoms with Gasteiger partial charge in [-0.2, -0.15) is 13.2 Å². The van der Waals surface area contributed by atoms with E-state index in [9.17, 15) is 22.8 Å². The minimum Gasteiger partial charge on any atom is -0.381 e. The molecule has 2 aliphatic heterocycles. The van der Waals surface area contributed by atoms with Crippen molar-refractivity contribution in [3.8, 4) is 0 Å². The van der Waals surface area contributed by atoms with E-state index in [1.54, 1.807) is 0 Å². The van der Waals surface area contributed by atoms with Crippen LogP contribution in [0.1, 0.15) is 39.5 Å². The summed E-state index contributed by atoms with van der Waals surface area (Å²) in [4.78, 5) is 25.9. The van der Waals surface area contributed by atoms with Crippen LogP contribution in [0, 0.1) is 5.92 Å². The molecule has 2 heterocycles. The van der Waals surface area contributed by atoms with E-state index in [-0.39, 0.29) is 44.5 Å². The summed E-state index contributed by atoms with van der Waals surface area (Å²) in [6.07, 6.45) is -3.93. The van der Waals surface area contributed by atoms with Gasteiger partial charge in [0.15, 0.2) is 0 Å². The summed E-state index contributed by atoms with van der Waals surface area (Å²) in [6.45, 7) is 4.07. The fraction of sp³-hybridized carbons (Fsp3) is 0.875. The standard InChI is InChI=1S/C16H26F3N3O3/c1-11(2)20-13(23)12-4-3-7-22(10-12)14(24)21-15(16(17,18)19)5-8-25-9-6-15/h11-12H,3-10H2,1-2H3,(H,20,23)(H,21,24)/t12-/m1/s1. The molecule has 2 rings (SSSR count). The van der Waals surface area contributed by atoms with Gasteiger partial charge in [-0.3, -0.25) is 4.79 Å². The number of nitrogens with zero attached hydrogens (tertiary/aromatic N) is 1. The van der Waals surface area contributed by atoms with E-state index in [0.717, 1.165) is 0 Å². The number of alkyl halides is 3. The highest BCUT2D eigenvalue weighted by molar-refractivity contribution is 5.81. The minimum absolute atomic E-state index is 0.0209. The Kier molecular flexibility index (Phi) is 6.18. The maximum absolute atomic E-state index is 13.5. The first-order chi connectivity index (χ1) is 11.6. The number of urea groups is 1. The SMILES string of the molecule is CC(C)NC(=O)[C@@H]1CCCN(C(=O)NC2(C(F)(F)F)CCOCC2)C1. The average Bonchev–Trinajstić information content (AvgIpc) is 2.54. The Balaban J connectivity index is 2.02. The largest absolute Gasteiger partial charge is 0.411 e. The number of piperidine rings is 1. The van der Waals surface area contributed by atoms with Gasteiger partial charge in [-0.25, -0.2) is 4.79 Å². The number of amides is 3. The van der Waals surface area contributed by atoms with Gasteiger partial charge in [-0.05, 0) is 26.7 Å². The lowest BCUT2D eigenvalue weighted by molar-refractivity contribution is -0.213. The first-order valence-corrected chi connectivity index (χ1v) is 8.66. The normalized spacial score (nSPS) is 24.1. The third-order valence-corrected chi connectivity index (χ3v) is 4.75. The van der Waals surface area contributed by atoms with E-state index in [0.29, 0.717) is 19.4 Å². The Morgan fingerprint density at radius 1 is 1.24 bits per heavy atom. The molecule has 0 unspecified atom stereocenters. The molecule has 25 heavy (non-hydrogen) atoms. The lowest BCUT2D eigenvalue weighted by Crippen LogP contribution is -2.64.